The summed E-state index contributed by atoms with van der Waals surface area (Å²) in [7, 11) is 0. The molecule has 1 heterocycles. The molecule has 2 fully saturated rings. The number of ether oxygens (including phenoxy) is 6. The molecule has 4 aromatic carbocycles. The maximum atomic E-state index is 16.0. The Balaban J connectivity index is 0.840. The van der Waals surface area contributed by atoms with Gasteiger partial charge in [0, 0.05) is 52.6 Å². The van der Waals surface area contributed by atoms with Crippen LogP contribution in [0.5, 0.6) is 11.5 Å². The number of nitrogens with one attached hydrogen (secondary N) is 3. The van der Waals surface area contributed by atoms with Crippen molar-refractivity contribution in [2.75, 3.05) is 66.0 Å². The standard InChI is InChI=1S/C56H67Cl2F2N5O8/c1-35-12-19-41(44(59)30-35)56(34-62)45(32-53(2,3)4)64-48(46(56)40-10-9-11-42(57)47(40)60)50(67)63-20-21-68-22-23-69-24-25-70-26-27-71-28-29-72-38-16-13-36(14-17-38)49(66)65-51-54(5,6)52(55(51,7)8)73-39-18-15-37(33-61)43(58)31-39/h9-19,30-31,45-46,48,51-52,64H,20-29,32H2,1-8H3,(H,63,67)(H,65,66)/t45-,46-,48?,51-,52-,56-/m0/s1. The third kappa shape index (κ3) is 13.5. The number of aryl methyl sites for hydroxylation is 1. The molecule has 2 aliphatic rings. The molecular formula is C56H67Cl2F2N5O8. The van der Waals surface area contributed by atoms with Crippen molar-refractivity contribution in [1.29, 1.82) is 10.5 Å². The van der Waals surface area contributed by atoms with Gasteiger partial charge in [-0.15, -0.1) is 0 Å². The molecule has 3 N–H and O–H groups in total. The zero-order valence-electron chi connectivity index (χ0n) is 42.8. The highest BCUT2D eigenvalue weighted by molar-refractivity contribution is 6.32. The molecule has 0 spiro atoms. The van der Waals surface area contributed by atoms with Crippen LogP contribution in [0.4, 0.5) is 8.78 Å². The average Bonchev–Trinajstić information content (AvgIpc) is 3.65. The molecule has 4 atom stereocenters. The van der Waals surface area contributed by atoms with Crippen molar-refractivity contribution >= 4 is 35.0 Å². The van der Waals surface area contributed by atoms with Gasteiger partial charge in [-0.3, -0.25) is 9.59 Å². The summed E-state index contributed by atoms with van der Waals surface area (Å²) in [5.41, 5.74) is -1.11. The molecule has 0 aromatic heterocycles. The number of halogens is 4. The van der Waals surface area contributed by atoms with E-state index in [9.17, 15) is 20.1 Å². The van der Waals surface area contributed by atoms with Gasteiger partial charge in [-0.2, -0.15) is 10.5 Å². The Morgan fingerprint density at radius 3 is 1.95 bits per heavy atom. The largest absolute Gasteiger partial charge is 0.491 e. The fourth-order valence-corrected chi connectivity index (χ4v) is 10.9. The third-order valence-corrected chi connectivity index (χ3v) is 14.2. The summed E-state index contributed by atoms with van der Waals surface area (Å²) in [5, 5.41) is 29.8. The summed E-state index contributed by atoms with van der Waals surface area (Å²) in [6, 6.07) is 23.5. The number of nitrogens with zero attached hydrogens (tertiary/aromatic N) is 2. The first-order chi connectivity index (χ1) is 34.6. The maximum Gasteiger partial charge on any atom is 0.251 e. The fourth-order valence-electron chi connectivity index (χ4n) is 10.5. The van der Waals surface area contributed by atoms with Gasteiger partial charge in [0.05, 0.1) is 80.6 Å². The number of hydrogen-bond donors (Lipinski definition) is 3. The summed E-state index contributed by atoms with van der Waals surface area (Å²) in [4.78, 5) is 27.3. The smallest absolute Gasteiger partial charge is 0.251 e. The van der Waals surface area contributed by atoms with Crippen LogP contribution in [0.2, 0.25) is 10.0 Å². The second-order valence-electron chi connectivity index (χ2n) is 21.0. The van der Waals surface area contributed by atoms with Crippen molar-refractivity contribution in [2.24, 2.45) is 16.2 Å². The van der Waals surface area contributed by atoms with Crippen molar-refractivity contribution in [1.82, 2.24) is 16.0 Å². The van der Waals surface area contributed by atoms with Crippen molar-refractivity contribution in [3.05, 3.63) is 128 Å². The normalized spacial score (nSPS) is 21.9. The van der Waals surface area contributed by atoms with E-state index in [0.717, 1.165) is 0 Å². The predicted octanol–water partition coefficient (Wildman–Crippen LogP) is 9.65. The quantitative estimate of drug-likeness (QED) is 0.0571. The molecule has 1 saturated carbocycles. The second kappa shape index (κ2) is 24.8. The van der Waals surface area contributed by atoms with Crippen molar-refractivity contribution in [3.8, 4) is 23.6 Å². The van der Waals surface area contributed by atoms with Gasteiger partial charge in [-0.05, 0) is 78.4 Å². The molecule has 0 radical (unpaired) electrons. The predicted molar refractivity (Wildman–Crippen MR) is 275 cm³/mol. The lowest BCUT2D eigenvalue weighted by Crippen LogP contribution is -2.74. The first kappa shape index (κ1) is 56.9. The maximum absolute atomic E-state index is 16.0. The molecule has 73 heavy (non-hydrogen) atoms. The number of carbonyl (C=O) groups excluding carboxylic acids is 2. The number of nitriles is 2. The van der Waals surface area contributed by atoms with Crippen LogP contribution >= 0.6 is 23.2 Å². The van der Waals surface area contributed by atoms with Crippen LogP contribution in [0.15, 0.2) is 78.9 Å². The molecule has 2 amide bonds. The Morgan fingerprint density at radius 1 is 0.767 bits per heavy atom. The highest BCUT2D eigenvalue weighted by Gasteiger charge is 2.64. The summed E-state index contributed by atoms with van der Waals surface area (Å²) in [6.07, 6.45) is 0.171. The van der Waals surface area contributed by atoms with E-state index in [-0.39, 0.29) is 70.2 Å². The van der Waals surface area contributed by atoms with Gasteiger partial charge in [-0.25, -0.2) is 8.78 Å². The lowest BCUT2D eigenvalue weighted by molar-refractivity contribution is -0.164. The summed E-state index contributed by atoms with van der Waals surface area (Å²) in [5.74, 6) is -2.00. The number of amides is 2. The van der Waals surface area contributed by atoms with Crippen LogP contribution in [0.25, 0.3) is 0 Å². The molecule has 1 aliphatic carbocycles. The van der Waals surface area contributed by atoms with E-state index < -0.39 is 41.0 Å². The van der Waals surface area contributed by atoms with E-state index in [1.54, 1.807) is 67.6 Å². The molecule has 0 bridgehead atoms. The summed E-state index contributed by atoms with van der Waals surface area (Å²) in [6.45, 7) is 18.9. The Hall–Kier alpha value is -5.36. The van der Waals surface area contributed by atoms with E-state index in [4.69, 9.17) is 51.6 Å². The van der Waals surface area contributed by atoms with Gasteiger partial charge in [0.15, 0.2) is 0 Å². The van der Waals surface area contributed by atoms with Gasteiger partial charge in [0.25, 0.3) is 5.91 Å². The molecule has 17 heteroatoms. The van der Waals surface area contributed by atoms with E-state index in [1.807, 2.05) is 20.8 Å². The summed E-state index contributed by atoms with van der Waals surface area (Å²) < 4.78 is 66.6. The van der Waals surface area contributed by atoms with E-state index >= 15 is 8.78 Å². The number of carbonyl (C=O) groups is 2. The van der Waals surface area contributed by atoms with Crippen molar-refractivity contribution in [2.45, 2.75) is 97.4 Å². The van der Waals surface area contributed by atoms with Crippen LogP contribution in [0, 0.1) is 57.5 Å². The average molecular weight is 1050 g/mol. The van der Waals surface area contributed by atoms with E-state index in [1.165, 1.54) is 18.2 Å². The molecule has 1 unspecified atom stereocenters. The third-order valence-electron chi connectivity index (χ3n) is 13.6. The summed E-state index contributed by atoms with van der Waals surface area (Å²) >= 11 is 12.5. The minimum atomic E-state index is -1.67. The SMILES string of the molecule is Cc1ccc([C@@]2(C#N)[C@H](CC(C)(C)C)NC(C(=O)NCCOCCOCCOCCOCCOc3ccc(C(=O)N[C@H]4C(C)(C)[C@H](Oc5ccc(C#N)c(Cl)c5)C4(C)C)cc3)[C@@H]2c2cccc(Cl)c2F)c(F)c1. The molecule has 392 valence electrons. The van der Waals surface area contributed by atoms with Gasteiger partial charge >= 0.3 is 0 Å². The van der Waals surface area contributed by atoms with Crippen LogP contribution in [0.1, 0.15) is 93.4 Å². The zero-order chi connectivity index (χ0) is 53.1. The van der Waals surface area contributed by atoms with Gasteiger partial charge < -0.3 is 44.4 Å². The minimum Gasteiger partial charge on any atom is -0.491 e. The van der Waals surface area contributed by atoms with Crippen LogP contribution in [0.3, 0.4) is 0 Å². The highest BCUT2D eigenvalue weighted by Crippen LogP contribution is 2.56. The van der Waals surface area contributed by atoms with E-state index in [2.05, 4.69) is 55.8 Å². The molecule has 1 saturated heterocycles. The molecule has 1 aliphatic heterocycles. The molecular weight excluding hydrogens is 980 g/mol. The topological polar surface area (TPSA) is 173 Å². The first-order valence-corrected chi connectivity index (χ1v) is 25.3. The number of hydrogen-bond acceptors (Lipinski definition) is 11. The van der Waals surface area contributed by atoms with Crippen molar-refractivity contribution < 1.29 is 46.8 Å². The van der Waals surface area contributed by atoms with Gasteiger partial charge in [0.2, 0.25) is 5.91 Å². The van der Waals surface area contributed by atoms with Crippen LogP contribution < -0.4 is 25.4 Å². The lowest BCUT2D eigenvalue weighted by Gasteiger charge is -2.63. The Morgan fingerprint density at radius 2 is 1.37 bits per heavy atom. The zero-order valence-corrected chi connectivity index (χ0v) is 44.4. The van der Waals surface area contributed by atoms with Crippen LogP contribution in [-0.2, 0) is 29.2 Å². The Labute approximate surface area is 438 Å². The monoisotopic (exact) mass is 1050 g/mol. The van der Waals surface area contributed by atoms with E-state index in [0.29, 0.717) is 85.9 Å². The molecule has 4 aromatic rings. The lowest BCUT2D eigenvalue weighted by atomic mass is 9.49. The Bertz CT molecular complexity index is 2620. The number of rotatable bonds is 24. The second-order valence-corrected chi connectivity index (χ2v) is 21.8. The number of benzene rings is 4. The molecule has 6 rings (SSSR count). The highest BCUT2D eigenvalue weighted by atomic mass is 35.5. The minimum absolute atomic E-state index is 0.0488. The first-order valence-electron chi connectivity index (χ1n) is 24.5. The molecule has 13 nitrogen and oxygen atoms in total. The van der Waals surface area contributed by atoms with Crippen LogP contribution in [-0.4, -0.2) is 102 Å². The Kier molecular flexibility index (Phi) is 19.3. The fraction of sp³-hybridized carbons (Fsp3) is 0.500. The van der Waals surface area contributed by atoms with Gasteiger partial charge in [0.1, 0.15) is 47.3 Å². The van der Waals surface area contributed by atoms with Gasteiger partial charge in [-0.1, -0.05) is 95.9 Å². The van der Waals surface area contributed by atoms with Crippen molar-refractivity contribution in [3.63, 3.8) is 0 Å².